The van der Waals surface area contributed by atoms with Gasteiger partial charge in [-0.3, -0.25) is 0 Å². The summed E-state index contributed by atoms with van der Waals surface area (Å²) in [4.78, 5) is 10.6. The fourth-order valence-electron chi connectivity index (χ4n) is 1.33. The van der Waals surface area contributed by atoms with Crippen molar-refractivity contribution in [2.24, 2.45) is 0 Å². The zero-order valence-electron chi connectivity index (χ0n) is 9.07. The van der Waals surface area contributed by atoms with Crippen LogP contribution in [-0.2, 0) is 0 Å². The zero-order valence-corrected chi connectivity index (χ0v) is 9.07. The van der Waals surface area contributed by atoms with Crippen molar-refractivity contribution >= 4 is 11.8 Å². The van der Waals surface area contributed by atoms with Crippen LogP contribution in [0.25, 0.3) is 0 Å². The molecule has 0 fully saturated rings. The van der Waals surface area contributed by atoms with E-state index in [1.54, 1.807) is 12.3 Å². The summed E-state index contributed by atoms with van der Waals surface area (Å²) < 4.78 is 0. The van der Waals surface area contributed by atoms with Crippen LogP contribution < -0.4 is 10.6 Å². The molecule has 0 amide bonds. The SMILES string of the molecule is CCCN(c1nccc(N)n1)C(C)C. The van der Waals surface area contributed by atoms with Gasteiger partial charge in [0.25, 0.3) is 0 Å². The quantitative estimate of drug-likeness (QED) is 0.792. The lowest BCUT2D eigenvalue weighted by Gasteiger charge is -2.26. The average Bonchev–Trinajstić information content (AvgIpc) is 2.13. The van der Waals surface area contributed by atoms with Gasteiger partial charge in [-0.25, -0.2) is 4.98 Å². The van der Waals surface area contributed by atoms with Crippen LogP contribution in [0.2, 0.25) is 0 Å². The van der Waals surface area contributed by atoms with E-state index in [-0.39, 0.29) is 0 Å². The summed E-state index contributed by atoms with van der Waals surface area (Å²) in [6.07, 6.45) is 2.78. The van der Waals surface area contributed by atoms with Crippen molar-refractivity contribution in [2.45, 2.75) is 33.2 Å². The molecule has 0 saturated carbocycles. The molecule has 1 aromatic rings. The molecule has 2 N–H and O–H groups in total. The van der Waals surface area contributed by atoms with E-state index >= 15 is 0 Å². The minimum Gasteiger partial charge on any atom is -0.384 e. The Morgan fingerprint density at radius 1 is 1.50 bits per heavy atom. The van der Waals surface area contributed by atoms with Crippen molar-refractivity contribution in [3.05, 3.63) is 12.3 Å². The number of hydrogen-bond acceptors (Lipinski definition) is 4. The van der Waals surface area contributed by atoms with Crippen LogP contribution in [0.5, 0.6) is 0 Å². The lowest BCUT2D eigenvalue weighted by molar-refractivity contribution is 0.652. The number of nitrogen functional groups attached to an aromatic ring is 1. The van der Waals surface area contributed by atoms with Crippen LogP contribution in [-0.4, -0.2) is 22.6 Å². The number of hydrogen-bond donors (Lipinski definition) is 1. The summed E-state index contributed by atoms with van der Waals surface area (Å²) in [5, 5.41) is 0. The van der Waals surface area contributed by atoms with E-state index in [1.807, 2.05) is 0 Å². The van der Waals surface area contributed by atoms with Crippen molar-refractivity contribution in [2.75, 3.05) is 17.2 Å². The highest BCUT2D eigenvalue weighted by atomic mass is 15.3. The summed E-state index contributed by atoms with van der Waals surface area (Å²) in [5.74, 6) is 1.25. The molecule has 0 aliphatic heterocycles. The second-order valence-electron chi connectivity index (χ2n) is 3.57. The molecule has 0 aliphatic rings. The lowest BCUT2D eigenvalue weighted by atomic mass is 10.3. The van der Waals surface area contributed by atoms with E-state index < -0.39 is 0 Å². The first-order chi connectivity index (χ1) is 6.65. The molecular formula is C10H18N4. The number of anilines is 2. The smallest absolute Gasteiger partial charge is 0.227 e. The van der Waals surface area contributed by atoms with E-state index in [0.29, 0.717) is 11.9 Å². The Bertz CT molecular complexity index is 285. The molecule has 0 unspecified atom stereocenters. The lowest BCUT2D eigenvalue weighted by Crippen LogP contribution is -2.33. The van der Waals surface area contributed by atoms with Crippen molar-refractivity contribution < 1.29 is 0 Å². The molecule has 0 bridgehead atoms. The third-order valence-corrected chi connectivity index (χ3v) is 2.01. The van der Waals surface area contributed by atoms with Gasteiger partial charge < -0.3 is 10.6 Å². The first-order valence-corrected chi connectivity index (χ1v) is 5.00. The maximum Gasteiger partial charge on any atom is 0.227 e. The minimum atomic E-state index is 0.400. The Morgan fingerprint density at radius 2 is 2.21 bits per heavy atom. The summed E-state index contributed by atoms with van der Waals surface area (Å²) in [7, 11) is 0. The Balaban J connectivity index is 2.87. The van der Waals surface area contributed by atoms with E-state index in [4.69, 9.17) is 5.73 Å². The largest absolute Gasteiger partial charge is 0.384 e. The summed E-state index contributed by atoms with van der Waals surface area (Å²) in [6, 6.07) is 2.10. The zero-order chi connectivity index (χ0) is 10.6. The Morgan fingerprint density at radius 3 is 2.71 bits per heavy atom. The summed E-state index contributed by atoms with van der Waals surface area (Å²) in [6.45, 7) is 7.35. The molecule has 4 heteroatoms. The minimum absolute atomic E-state index is 0.400. The first kappa shape index (κ1) is 10.8. The maximum absolute atomic E-state index is 5.61. The molecule has 0 atom stereocenters. The highest BCUT2D eigenvalue weighted by Gasteiger charge is 2.11. The molecular weight excluding hydrogens is 176 g/mol. The monoisotopic (exact) mass is 194 g/mol. The first-order valence-electron chi connectivity index (χ1n) is 5.00. The van der Waals surface area contributed by atoms with Crippen LogP contribution in [0.4, 0.5) is 11.8 Å². The van der Waals surface area contributed by atoms with Gasteiger partial charge >= 0.3 is 0 Å². The molecule has 78 valence electrons. The van der Waals surface area contributed by atoms with Gasteiger partial charge in [-0.2, -0.15) is 4.98 Å². The van der Waals surface area contributed by atoms with Gasteiger partial charge in [-0.1, -0.05) is 6.92 Å². The Labute approximate surface area is 85.2 Å². The van der Waals surface area contributed by atoms with E-state index in [9.17, 15) is 0 Å². The van der Waals surface area contributed by atoms with Crippen LogP contribution in [0.1, 0.15) is 27.2 Å². The second-order valence-corrected chi connectivity index (χ2v) is 3.57. The molecule has 14 heavy (non-hydrogen) atoms. The van der Waals surface area contributed by atoms with Gasteiger partial charge in [0, 0.05) is 18.8 Å². The summed E-state index contributed by atoms with van der Waals surface area (Å²) >= 11 is 0. The van der Waals surface area contributed by atoms with Crippen molar-refractivity contribution in [3.8, 4) is 0 Å². The van der Waals surface area contributed by atoms with Gasteiger partial charge in [0.15, 0.2) is 0 Å². The fourth-order valence-corrected chi connectivity index (χ4v) is 1.33. The number of aromatic nitrogens is 2. The van der Waals surface area contributed by atoms with Gasteiger partial charge in [0.05, 0.1) is 0 Å². The topological polar surface area (TPSA) is 55.0 Å². The van der Waals surface area contributed by atoms with Crippen LogP contribution in [0.15, 0.2) is 12.3 Å². The molecule has 0 saturated heterocycles. The molecule has 1 aromatic heterocycles. The normalized spacial score (nSPS) is 10.6. The number of rotatable bonds is 4. The molecule has 0 aromatic carbocycles. The van der Waals surface area contributed by atoms with Gasteiger partial charge in [0.2, 0.25) is 5.95 Å². The third kappa shape index (κ3) is 2.58. The van der Waals surface area contributed by atoms with Crippen molar-refractivity contribution in [3.63, 3.8) is 0 Å². The van der Waals surface area contributed by atoms with E-state index in [2.05, 4.69) is 35.6 Å². The van der Waals surface area contributed by atoms with Crippen molar-refractivity contribution in [1.29, 1.82) is 0 Å². The highest BCUT2D eigenvalue weighted by Crippen LogP contribution is 2.12. The average molecular weight is 194 g/mol. The number of nitrogens with two attached hydrogens (primary N) is 1. The highest BCUT2D eigenvalue weighted by molar-refractivity contribution is 5.38. The molecule has 0 radical (unpaired) electrons. The molecule has 0 aliphatic carbocycles. The third-order valence-electron chi connectivity index (χ3n) is 2.01. The molecule has 1 heterocycles. The van der Waals surface area contributed by atoms with E-state index in [0.717, 1.165) is 18.9 Å². The molecule has 1 rings (SSSR count). The van der Waals surface area contributed by atoms with Crippen molar-refractivity contribution in [1.82, 2.24) is 9.97 Å². The number of nitrogens with zero attached hydrogens (tertiary/aromatic N) is 3. The molecule has 4 nitrogen and oxygen atoms in total. The standard InChI is InChI=1S/C10H18N4/c1-4-7-14(8(2)3)10-12-6-5-9(11)13-10/h5-6,8H,4,7H2,1-3H3,(H2,11,12,13). The summed E-state index contributed by atoms with van der Waals surface area (Å²) in [5.41, 5.74) is 5.61. The predicted molar refractivity (Wildman–Crippen MR) is 59.2 cm³/mol. The van der Waals surface area contributed by atoms with E-state index in [1.165, 1.54) is 0 Å². The Kier molecular flexibility index (Phi) is 3.68. The van der Waals surface area contributed by atoms with Crippen LogP contribution in [0, 0.1) is 0 Å². The van der Waals surface area contributed by atoms with Gasteiger partial charge in [0.1, 0.15) is 5.82 Å². The van der Waals surface area contributed by atoms with Gasteiger partial charge in [-0.05, 0) is 26.3 Å². The predicted octanol–water partition coefficient (Wildman–Crippen LogP) is 1.68. The van der Waals surface area contributed by atoms with Crippen LogP contribution in [0.3, 0.4) is 0 Å². The fraction of sp³-hybridized carbons (Fsp3) is 0.600. The molecule has 0 spiro atoms. The maximum atomic E-state index is 5.61. The Hall–Kier alpha value is -1.32. The second kappa shape index (κ2) is 4.79. The van der Waals surface area contributed by atoms with Gasteiger partial charge in [-0.15, -0.1) is 0 Å². The van der Waals surface area contributed by atoms with Crippen LogP contribution >= 0.6 is 0 Å².